The molecular weight excluding hydrogens is 228 g/mol. The van der Waals surface area contributed by atoms with Crippen molar-refractivity contribution >= 4 is 0 Å². The molecule has 2 aromatic carbocycles. The molecule has 2 aliphatic carbocycles. The molecule has 0 saturated carbocycles. The molecule has 2 unspecified atom stereocenters. The summed E-state index contributed by atoms with van der Waals surface area (Å²) in [6, 6.07) is 14.1. The van der Waals surface area contributed by atoms with Crippen LogP contribution >= 0.6 is 0 Å². The number of fused-ring (bicyclic) bond motifs is 6. The van der Waals surface area contributed by atoms with Crippen molar-refractivity contribution in [2.24, 2.45) is 0 Å². The van der Waals surface area contributed by atoms with Crippen LogP contribution < -0.4 is 0 Å². The van der Waals surface area contributed by atoms with Gasteiger partial charge in [0.1, 0.15) is 0 Å². The minimum Gasteiger partial charge on any atom is -0.0590 e. The lowest BCUT2D eigenvalue weighted by molar-refractivity contribution is 0.457. The van der Waals surface area contributed by atoms with Crippen LogP contribution in [-0.4, -0.2) is 0 Å². The van der Waals surface area contributed by atoms with Crippen LogP contribution in [0.1, 0.15) is 51.6 Å². The number of benzene rings is 2. The zero-order valence-corrected chi connectivity index (χ0v) is 11.7. The van der Waals surface area contributed by atoms with Gasteiger partial charge in [-0.3, -0.25) is 0 Å². The minimum absolute atomic E-state index is 0.753. The summed E-state index contributed by atoms with van der Waals surface area (Å²) in [6.45, 7) is 4.42. The molecule has 0 amide bonds. The summed E-state index contributed by atoms with van der Waals surface area (Å²) < 4.78 is 0. The first-order valence-corrected chi connectivity index (χ1v) is 7.39. The zero-order chi connectivity index (χ0) is 13.0. The SMILES string of the molecule is Cc1ccc2c(c1)CC1CC2Cc2cc(C)ccc21. The summed E-state index contributed by atoms with van der Waals surface area (Å²) in [5, 5.41) is 0. The number of rotatable bonds is 0. The fraction of sp³-hybridized carbons (Fsp3) is 0.368. The molecule has 0 saturated heterocycles. The largest absolute Gasteiger partial charge is 0.0590 e. The lowest BCUT2D eigenvalue weighted by Crippen LogP contribution is -2.25. The third-order valence-corrected chi connectivity index (χ3v) is 4.98. The normalized spacial score (nSPS) is 23.7. The highest BCUT2D eigenvalue weighted by Gasteiger charge is 2.33. The molecule has 0 fully saturated rings. The predicted octanol–water partition coefficient (Wildman–Crippen LogP) is 4.67. The van der Waals surface area contributed by atoms with Crippen molar-refractivity contribution in [3.8, 4) is 0 Å². The summed E-state index contributed by atoms with van der Waals surface area (Å²) in [6.07, 6.45) is 3.83. The third kappa shape index (κ3) is 1.74. The molecule has 2 aromatic rings. The first-order valence-electron chi connectivity index (χ1n) is 7.39. The average molecular weight is 248 g/mol. The molecular formula is C19H20. The quantitative estimate of drug-likeness (QED) is 0.635. The van der Waals surface area contributed by atoms with Gasteiger partial charge in [-0.25, -0.2) is 0 Å². The number of hydrogen-bond donors (Lipinski definition) is 0. The molecule has 0 N–H and O–H groups in total. The molecule has 0 heterocycles. The maximum absolute atomic E-state index is 2.41. The predicted molar refractivity (Wildman–Crippen MR) is 79.9 cm³/mol. The maximum Gasteiger partial charge on any atom is -0.0113 e. The zero-order valence-electron chi connectivity index (χ0n) is 11.7. The van der Waals surface area contributed by atoms with Crippen molar-refractivity contribution in [3.05, 3.63) is 69.8 Å². The van der Waals surface area contributed by atoms with E-state index in [-0.39, 0.29) is 0 Å². The van der Waals surface area contributed by atoms with E-state index in [0.717, 1.165) is 11.8 Å². The first-order chi connectivity index (χ1) is 9.20. The topological polar surface area (TPSA) is 0 Å². The second-order valence-corrected chi connectivity index (χ2v) is 6.44. The minimum atomic E-state index is 0.753. The van der Waals surface area contributed by atoms with Gasteiger partial charge >= 0.3 is 0 Å². The van der Waals surface area contributed by atoms with E-state index in [0.29, 0.717) is 0 Å². The van der Waals surface area contributed by atoms with Crippen LogP contribution in [0.4, 0.5) is 0 Å². The Morgan fingerprint density at radius 2 is 1.21 bits per heavy atom. The monoisotopic (exact) mass is 248 g/mol. The first kappa shape index (κ1) is 11.3. The highest BCUT2D eigenvalue weighted by atomic mass is 14.4. The summed E-state index contributed by atoms with van der Waals surface area (Å²) in [5.41, 5.74) is 9.26. The van der Waals surface area contributed by atoms with Crippen molar-refractivity contribution in [3.63, 3.8) is 0 Å². The molecule has 2 aliphatic rings. The Labute approximate surface area is 115 Å². The van der Waals surface area contributed by atoms with E-state index in [9.17, 15) is 0 Å². The lowest BCUT2D eigenvalue weighted by Gasteiger charge is -2.38. The van der Waals surface area contributed by atoms with E-state index in [1.807, 2.05) is 0 Å². The summed E-state index contributed by atoms with van der Waals surface area (Å²) in [5.74, 6) is 1.51. The van der Waals surface area contributed by atoms with Crippen LogP contribution in [0.15, 0.2) is 36.4 Å². The van der Waals surface area contributed by atoms with Crippen molar-refractivity contribution in [2.75, 3.05) is 0 Å². The van der Waals surface area contributed by atoms with Gasteiger partial charge in [0.2, 0.25) is 0 Å². The van der Waals surface area contributed by atoms with Gasteiger partial charge in [0.15, 0.2) is 0 Å². The van der Waals surface area contributed by atoms with Crippen LogP contribution in [-0.2, 0) is 12.8 Å². The Bertz CT molecular complexity index is 594. The maximum atomic E-state index is 2.41. The molecule has 96 valence electrons. The molecule has 19 heavy (non-hydrogen) atoms. The Balaban J connectivity index is 1.83. The van der Waals surface area contributed by atoms with Gasteiger partial charge < -0.3 is 0 Å². The van der Waals surface area contributed by atoms with Gasteiger partial charge in [-0.1, -0.05) is 47.5 Å². The van der Waals surface area contributed by atoms with E-state index in [1.54, 1.807) is 22.3 Å². The van der Waals surface area contributed by atoms with Crippen LogP contribution in [0.3, 0.4) is 0 Å². The second kappa shape index (κ2) is 3.96. The summed E-state index contributed by atoms with van der Waals surface area (Å²) in [4.78, 5) is 0. The van der Waals surface area contributed by atoms with Crippen LogP contribution in [0, 0.1) is 13.8 Å². The Hall–Kier alpha value is -1.56. The van der Waals surface area contributed by atoms with Gasteiger partial charge in [0.25, 0.3) is 0 Å². The van der Waals surface area contributed by atoms with Crippen molar-refractivity contribution in [1.82, 2.24) is 0 Å². The van der Waals surface area contributed by atoms with Crippen LogP contribution in [0.5, 0.6) is 0 Å². The molecule has 4 rings (SSSR count). The van der Waals surface area contributed by atoms with Crippen LogP contribution in [0.2, 0.25) is 0 Å². The van der Waals surface area contributed by atoms with E-state index < -0.39 is 0 Å². The second-order valence-electron chi connectivity index (χ2n) is 6.44. The fourth-order valence-corrected chi connectivity index (χ4v) is 4.13. The highest BCUT2D eigenvalue weighted by Crippen LogP contribution is 2.47. The van der Waals surface area contributed by atoms with E-state index in [2.05, 4.69) is 50.2 Å². The lowest BCUT2D eigenvalue weighted by atomic mass is 9.66. The summed E-state index contributed by atoms with van der Waals surface area (Å²) >= 11 is 0. The van der Waals surface area contributed by atoms with Crippen molar-refractivity contribution in [2.45, 2.75) is 44.9 Å². The van der Waals surface area contributed by atoms with Gasteiger partial charge in [-0.2, -0.15) is 0 Å². The number of hydrogen-bond acceptors (Lipinski definition) is 0. The molecule has 0 nitrogen and oxygen atoms in total. The van der Waals surface area contributed by atoms with Gasteiger partial charge in [0, 0.05) is 0 Å². The third-order valence-electron chi connectivity index (χ3n) is 4.98. The Morgan fingerprint density at radius 3 is 1.68 bits per heavy atom. The molecule has 0 spiro atoms. The van der Waals surface area contributed by atoms with E-state index in [1.165, 1.54) is 30.4 Å². The smallest absolute Gasteiger partial charge is 0.0113 e. The van der Waals surface area contributed by atoms with Crippen LogP contribution in [0.25, 0.3) is 0 Å². The fourth-order valence-electron chi connectivity index (χ4n) is 4.13. The Kier molecular flexibility index (Phi) is 2.35. The summed E-state index contributed by atoms with van der Waals surface area (Å²) in [7, 11) is 0. The standard InChI is InChI=1S/C19H20/c1-12-3-5-18-14(7-12)9-16-11-17(18)10-15-8-13(2)4-6-19(15)16/h3-8,16-17H,9-11H2,1-2H3. The van der Waals surface area contributed by atoms with Gasteiger partial charge in [0.05, 0.1) is 0 Å². The highest BCUT2D eigenvalue weighted by molar-refractivity contribution is 5.46. The molecule has 0 heteroatoms. The molecule has 0 aliphatic heterocycles. The Morgan fingerprint density at radius 1 is 0.737 bits per heavy atom. The van der Waals surface area contributed by atoms with Gasteiger partial charge in [-0.05, 0) is 67.2 Å². The average Bonchev–Trinajstić information content (AvgIpc) is 2.37. The molecule has 0 aromatic heterocycles. The molecule has 0 radical (unpaired) electrons. The number of aryl methyl sites for hydroxylation is 2. The molecule has 2 bridgehead atoms. The van der Waals surface area contributed by atoms with Gasteiger partial charge in [-0.15, -0.1) is 0 Å². The van der Waals surface area contributed by atoms with E-state index >= 15 is 0 Å². The van der Waals surface area contributed by atoms with Crippen molar-refractivity contribution in [1.29, 1.82) is 0 Å². The van der Waals surface area contributed by atoms with E-state index in [4.69, 9.17) is 0 Å². The van der Waals surface area contributed by atoms with Crippen molar-refractivity contribution < 1.29 is 0 Å². The molecule has 2 atom stereocenters.